The Balaban J connectivity index is 2.68. The first-order valence-corrected chi connectivity index (χ1v) is 5.44. The molecule has 1 N–H and O–H groups in total. The van der Waals surface area contributed by atoms with Crippen LogP contribution in [0.25, 0.3) is 23.7 Å². The van der Waals surface area contributed by atoms with Gasteiger partial charge in [-0.3, -0.25) is 0 Å². The van der Waals surface area contributed by atoms with Gasteiger partial charge in [0.05, 0.1) is 19.6 Å². The summed E-state index contributed by atoms with van der Waals surface area (Å²) >= 11 is 0. The molecule has 2 aromatic rings. The number of aromatic amines is 1. The molecule has 0 bridgehead atoms. The number of nitrogens with one attached hydrogen (secondary N) is 1. The van der Waals surface area contributed by atoms with Crippen LogP contribution in [-0.4, -0.2) is 29.2 Å². The van der Waals surface area contributed by atoms with Gasteiger partial charge in [0.2, 0.25) is 0 Å². The van der Waals surface area contributed by atoms with Crippen molar-refractivity contribution >= 4 is 23.7 Å². The number of fused-ring (bicyclic) bond motifs is 1. The van der Waals surface area contributed by atoms with E-state index in [0.717, 1.165) is 21.6 Å². The van der Waals surface area contributed by atoms with Gasteiger partial charge in [-0.25, -0.2) is 9.97 Å². The summed E-state index contributed by atoms with van der Waals surface area (Å²) in [5.74, 6) is 1.34. The van der Waals surface area contributed by atoms with Crippen molar-refractivity contribution < 1.29 is 9.47 Å². The summed E-state index contributed by atoms with van der Waals surface area (Å²) in [5.41, 5.74) is 0.756. The minimum Gasteiger partial charge on any atom is -0.498 e. The molecule has 0 radical (unpaired) electrons. The van der Waals surface area contributed by atoms with E-state index < -0.39 is 0 Å². The number of hydrogen-bond acceptors (Lipinski definition) is 4. The number of allylic oxidation sites excluding steroid dienone is 2. The monoisotopic (exact) mass is 245 g/mol. The van der Waals surface area contributed by atoms with E-state index in [2.05, 4.69) is 21.5 Å². The Morgan fingerprint density at radius 3 is 2.78 bits per heavy atom. The lowest BCUT2D eigenvalue weighted by Gasteiger charge is -2.04. The molecule has 18 heavy (non-hydrogen) atoms. The number of rotatable bonds is 3. The largest absolute Gasteiger partial charge is 0.498 e. The quantitative estimate of drug-likeness (QED) is 0.808. The van der Waals surface area contributed by atoms with E-state index in [0.29, 0.717) is 11.5 Å². The summed E-state index contributed by atoms with van der Waals surface area (Å²) in [4.78, 5) is 11.3. The van der Waals surface area contributed by atoms with Crippen LogP contribution < -0.4 is 10.6 Å². The van der Waals surface area contributed by atoms with Crippen molar-refractivity contribution in [3.8, 4) is 0 Å². The predicted molar refractivity (Wildman–Crippen MR) is 69.8 cm³/mol. The highest BCUT2D eigenvalue weighted by molar-refractivity contribution is 5.75. The summed E-state index contributed by atoms with van der Waals surface area (Å²) in [6.45, 7) is 5.85. The maximum atomic E-state index is 5.27. The smallest absolute Gasteiger partial charge is 0.158 e. The van der Waals surface area contributed by atoms with Crippen molar-refractivity contribution in [2.45, 2.75) is 6.92 Å². The molecule has 94 valence electrons. The van der Waals surface area contributed by atoms with Crippen LogP contribution >= 0.6 is 0 Å². The van der Waals surface area contributed by atoms with Crippen LogP contribution in [0.1, 0.15) is 6.92 Å². The molecule has 0 saturated carbocycles. The van der Waals surface area contributed by atoms with Gasteiger partial charge in [-0.05, 0) is 6.92 Å². The maximum Gasteiger partial charge on any atom is 0.158 e. The topological polar surface area (TPSA) is 60.0 Å². The Morgan fingerprint density at radius 2 is 2.17 bits per heavy atom. The fourth-order valence-electron chi connectivity index (χ4n) is 1.66. The predicted octanol–water partition coefficient (Wildman–Crippen LogP) is 0.673. The number of H-pyrrole nitrogens is 1. The fourth-order valence-corrected chi connectivity index (χ4v) is 1.66. The molecule has 2 rings (SSSR count). The molecule has 2 heterocycles. The van der Waals surface area contributed by atoms with Crippen LogP contribution in [0.3, 0.4) is 0 Å². The van der Waals surface area contributed by atoms with Gasteiger partial charge < -0.3 is 14.5 Å². The van der Waals surface area contributed by atoms with Crippen LogP contribution in [-0.2, 0) is 9.47 Å². The van der Waals surface area contributed by atoms with E-state index >= 15 is 0 Å². The first-order chi connectivity index (χ1) is 8.67. The number of methoxy groups -OCH3 is 2. The first kappa shape index (κ1) is 12.2. The summed E-state index contributed by atoms with van der Waals surface area (Å²) < 4.78 is 10.4. The Hall–Kier alpha value is -2.30. The van der Waals surface area contributed by atoms with Gasteiger partial charge in [-0.15, -0.1) is 0 Å². The van der Waals surface area contributed by atoms with Crippen molar-refractivity contribution in [1.29, 1.82) is 0 Å². The summed E-state index contributed by atoms with van der Waals surface area (Å²) in [5, 5.41) is 2.57. The number of aromatic nitrogens is 3. The van der Waals surface area contributed by atoms with Crippen LogP contribution in [0, 0.1) is 0 Å². The lowest BCUT2D eigenvalue weighted by atomic mass is 10.3. The lowest BCUT2D eigenvalue weighted by molar-refractivity contribution is 0.236. The third-order valence-electron chi connectivity index (χ3n) is 2.76. The Labute approximate surface area is 104 Å². The molecular formula is C13H15N3O2. The summed E-state index contributed by atoms with van der Waals surface area (Å²) in [6.07, 6.45) is 5.07. The van der Waals surface area contributed by atoms with Crippen LogP contribution in [0.4, 0.5) is 0 Å². The lowest BCUT2D eigenvalue weighted by Crippen LogP contribution is -2.21. The average molecular weight is 245 g/mol. The molecule has 0 saturated heterocycles. The molecular weight excluding hydrogens is 230 g/mol. The average Bonchev–Trinajstić information content (AvgIpc) is 2.72. The summed E-state index contributed by atoms with van der Waals surface area (Å²) in [7, 11) is 3.20. The van der Waals surface area contributed by atoms with E-state index in [1.54, 1.807) is 20.4 Å². The van der Waals surface area contributed by atoms with Gasteiger partial charge in [-0.2, -0.15) is 0 Å². The maximum absolute atomic E-state index is 5.27. The second-order valence-electron chi connectivity index (χ2n) is 3.78. The molecule has 0 fully saturated rings. The SMILES string of the molecule is C=c1/c(=C\C(OC)=C(/C)OC)[nH]c2ncncc12. The second kappa shape index (κ2) is 4.91. The zero-order valence-electron chi connectivity index (χ0n) is 10.7. The number of nitrogens with zero attached hydrogens (tertiary/aromatic N) is 2. The Bertz CT molecular complexity index is 701. The fraction of sp³-hybridized carbons (Fsp3) is 0.231. The molecule has 5 heteroatoms. The third kappa shape index (κ3) is 2.07. The van der Waals surface area contributed by atoms with Crippen molar-refractivity contribution in [3.63, 3.8) is 0 Å². The van der Waals surface area contributed by atoms with Crippen molar-refractivity contribution in [2.75, 3.05) is 14.2 Å². The van der Waals surface area contributed by atoms with Crippen molar-refractivity contribution in [1.82, 2.24) is 15.0 Å². The van der Waals surface area contributed by atoms with Crippen LogP contribution in [0.2, 0.25) is 0 Å². The van der Waals surface area contributed by atoms with Crippen LogP contribution in [0.5, 0.6) is 0 Å². The zero-order valence-corrected chi connectivity index (χ0v) is 10.7. The van der Waals surface area contributed by atoms with E-state index in [1.807, 2.05) is 13.0 Å². The molecule has 0 amide bonds. The van der Waals surface area contributed by atoms with E-state index in [4.69, 9.17) is 9.47 Å². The van der Waals surface area contributed by atoms with Crippen molar-refractivity contribution in [2.24, 2.45) is 0 Å². The van der Waals surface area contributed by atoms with E-state index in [-0.39, 0.29) is 0 Å². The normalized spacial score (nSPS) is 13.6. The van der Waals surface area contributed by atoms with Crippen molar-refractivity contribution in [3.05, 3.63) is 34.6 Å². The molecule has 2 aromatic heterocycles. The van der Waals surface area contributed by atoms with Gasteiger partial charge in [0.25, 0.3) is 0 Å². The molecule has 0 spiro atoms. The number of ether oxygens (including phenoxy) is 2. The molecule has 0 aliphatic rings. The molecule has 5 nitrogen and oxygen atoms in total. The molecule has 0 aliphatic carbocycles. The molecule has 0 unspecified atom stereocenters. The van der Waals surface area contributed by atoms with Gasteiger partial charge in [-0.1, -0.05) is 6.58 Å². The van der Waals surface area contributed by atoms with E-state index in [1.165, 1.54) is 6.33 Å². The Morgan fingerprint density at radius 1 is 1.39 bits per heavy atom. The van der Waals surface area contributed by atoms with Gasteiger partial charge in [0.1, 0.15) is 17.7 Å². The minimum atomic E-state index is 0.641. The minimum absolute atomic E-state index is 0.641. The van der Waals surface area contributed by atoms with E-state index in [9.17, 15) is 0 Å². The number of hydrogen-bond donors (Lipinski definition) is 1. The molecule has 0 atom stereocenters. The Kier molecular flexibility index (Phi) is 3.32. The highest BCUT2D eigenvalue weighted by Gasteiger charge is 2.03. The van der Waals surface area contributed by atoms with Gasteiger partial charge >= 0.3 is 0 Å². The molecule has 0 aromatic carbocycles. The standard InChI is InChI=1S/C13H15N3O2/c1-8-10-6-14-7-15-13(10)16-11(8)5-12(18-4)9(2)17-3/h5-7H,1H2,2-4H3,(H,14,15,16)/b11-5+,12-9-. The third-order valence-corrected chi connectivity index (χ3v) is 2.76. The first-order valence-electron chi connectivity index (χ1n) is 5.44. The highest BCUT2D eigenvalue weighted by atomic mass is 16.5. The zero-order chi connectivity index (χ0) is 13.1. The second-order valence-corrected chi connectivity index (χ2v) is 3.78. The highest BCUT2D eigenvalue weighted by Crippen LogP contribution is 2.06. The summed E-state index contributed by atoms with van der Waals surface area (Å²) in [6, 6.07) is 0. The molecule has 0 aliphatic heterocycles. The van der Waals surface area contributed by atoms with Gasteiger partial charge in [0.15, 0.2) is 5.76 Å². The van der Waals surface area contributed by atoms with Crippen LogP contribution in [0.15, 0.2) is 24.0 Å². The van der Waals surface area contributed by atoms with Gasteiger partial charge in [0, 0.05) is 22.9 Å².